The van der Waals surface area contributed by atoms with Crippen LogP contribution < -0.4 is 4.74 Å². The molecule has 0 radical (unpaired) electrons. The second-order valence-corrected chi connectivity index (χ2v) is 5.54. The largest absolute Gasteiger partial charge is 0.486 e. The molecule has 3 rings (SSSR count). The van der Waals surface area contributed by atoms with E-state index in [0.29, 0.717) is 12.2 Å². The Kier molecular flexibility index (Phi) is 3.21. The lowest BCUT2D eigenvalue weighted by molar-refractivity contribution is 0.0444. The number of benzene rings is 1. The van der Waals surface area contributed by atoms with Crippen molar-refractivity contribution in [3.63, 3.8) is 0 Å². The molecule has 1 aliphatic heterocycles. The molecule has 1 fully saturated rings. The summed E-state index contributed by atoms with van der Waals surface area (Å²) in [5.41, 5.74) is 1.69. The highest BCUT2D eigenvalue weighted by atomic mass is 16.5. The van der Waals surface area contributed by atoms with Crippen LogP contribution >= 0.6 is 0 Å². The van der Waals surface area contributed by atoms with Crippen molar-refractivity contribution < 1.29 is 14.3 Å². The van der Waals surface area contributed by atoms with E-state index >= 15 is 0 Å². The van der Waals surface area contributed by atoms with Crippen molar-refractivity contribution >= 4 is 5.97 Å². The summed E-state index contributed by atoms with van der Waals surface area (Å²) < 4.78 is 11.3. The maximum Gasteiger partial charge on any atom is 0.341 e. The number of carbonyl (C=O) groups is 1. The van der Waals surface area contributed by atoms with Gasteiger partial charge in [-0.3, -0.25) is 0 Å². The lowest BCUT2D eigenvalue weighted by Gasteiger charge is -2.32. The normalized spacial score (nSPS) is 19.8. The van der Waals surface area contributed by atoms with Gasteiger partial charge in [0.05, 0.1) is 6.61 Å². The van der Waals surface area contributed by atoms with Gasteiger partial charge in [0.2, 0.25) is 0 Å². The highest BCUT2D eigenvalue weighted by Gasteiger charge is 2.41. The first kappa shape index (κ1) is 12.5. The van der Waals surface area contributed by atoms with Crippen LogP contribution in [0.3, 0.4) is 0 Å². The van der Waals surface area contributed by atoms with Crippen LogP contribution in [0.1, 0.15) is 54.9 Å². The lowest BCUT2D eigenvalue weighted by Crippen LogP contribution is -2.36. The molecular formula is C16H20O3. The molecule has 2 aliphatic rings. The first-order chi connectivity index (χ1) is 9.24. The van der Waals surface area contributed by atoms with Crippen LogP contribution in [-0.4, -0.2) is 18.2 Å². The molecular weight excluding hydrogens is 240 g/mol. The molecule has 1 saturated carbocycles. The van der Waals surface area contributed by atoms with Gasteiger partial charge >= 0.3 is 5.97 Å². The summed E-state index contributed by atoms with van der Waals surface area (Å²) in [5, 5.41) is 0. The topological polar surface area (TPSA) is 35.5 Å². The number of carbonyl (C=O) groups excluding carboxylic acids is 1. The summed E-state index contributed by atoms with van der Waals surface area (Å²) in [6.45, 7) is 2.22. The molecule has 1 aromatic carbocycles. The van der Waals surface area contributed by atoms with Crippen LogP contribution in [0.15, 0.2) is 18.2 Å². The summed E-state index contributed by atoms with van der Waals surface area (Å²) in [5.74, 6) is 0.495. The number of hydrogen-bond acceptors (Lipinski definition) is 3. The molecule has 1 heterocycles. The first-order valence-electron chi connectivity index (χ1n) is 7.22. The van der Waals surface area contributed by atoms with Crippen molar-refractivity contribution in [1.29, 1.82) is 0 Å². The zero-order valence-electron chi connectivity index (χ0n) is 11.4. The third-order valence-electron chi connectivity index (χ3n) is 4.19. The highest BCUT2D eigenvalue weighted by Crippen LogP contribution is 2.44. The summed E-state index contributed by atoms with van der Waals surface area (Å²) in [7, 11) is 0. The van der Waals surface area contributed by atoms with E-state index in [-0.39, 0.29) is 11.6 Å². The SMILES string of the molecule is CCOC(=O)c1cccc2c1OC1(CCCCC1)C2. The second-order valence-electron chi connectivity index (χ2n) is 5.54. The van der Waals surface area contributed by atoms with Gasteiger partial charge in [0.15, 0.2) is 0 Å². The van der Waals surface area contributed by atoms with E-state index in [9.17, 15) is 4.79 Å². The average molecular weight is 260 g/mol. The van der Waals surface area contributed by atoms with E-state index in [1.165, 1.54) is 19.3 Å². The van der Waals surface area contributed by atoms with Crippen LogP contribution in [-0.2, 0) is 11.2 Å². The Morgan fingerprint density at radius 3 is 2.84 bits per heavy atom. The number of esters is 1. The fraction of sp³-hybridized carbons (Fsp3) is 0.562. The fourth-order valence-electron chi connectivity index (χ4n) is 3.29. The van der Waals surface area contributed by atoms with Gasteiger partial charge in [-0.1, -0.05) is 18.6 Å². The van der Waals surface area contributed by atoms with Crippen molar-refractivity contribution in [3.05, 3.63) is 29.3 Å². The van der Waals surface area contributed by atoms with E-state index < -0.39 is 0 Å². The van der Waals surface area contributed by atoms with Crippen molar-refractivity contribution in [2.24, 2.45) is 0 Å². The van der Waals surface area contributed by atoms with Gasteiger partial charge in [-0.05, 0) is 44.2 Å². The Morgan fingerprint density at radius 1 is 1.32 bits per heavy atom. The number of fused-ring (bicyclic) bond motifs is 1. The maximum absolute atomic E-state index is 12.0. The van der Waals surface area contributed by atoms with Crippen LogP contribution in [0.5, 0.6) is 5.75 Å². The minimum atomic E-state index is -0.271. The Hall–Kier alpha value is -1.51. The Bertz CT molecular complexity index is 487. The third kappa shape index (κ3) is 2.22. The molecule has 0 unspecified atom stereocenters. The van der Waals surface area contributed by atoms with Gasteiger partial charge in [0, 0.05) is 6.42 Å². The van der Waals surface area contributed by atoms with Crippen LogP contribution in [0.4, 0.5) is 0 Å². The molecule has 1 spiro atoms. The number of ether oxygens (including phenoxy) is 2. The highest BCUT2D eigenvalue weighted by molar-refractivity contribution is 5.93. The predicted octanol–water partition coefficient (Wildman–Crippen LogP) is 3.50. The molecule has 0 amide bonds. The third-order valence-corrected chi connectivity index (χ3v) is 4.19. The first-order valence-corrected chi connectivity index (χ1v) is 7.22. The second kappa shape index (κ2) is 4.87. The molecule has 1 aromatic rings. The number of para-hydroxylation sites is 1. The smallest absolute Gasteiger partial charge is 0.341 e. The van der Waals surface area contributed by atoms with Crippen molar-refractivity contribution in [1.82, 2.24) is 0 Å². The van der Waals surface area contributed by atoms with Gasteiger partial charge < -0.3 is 9.47 Å². The van der Waals surface area contributed by atoms with Crippen molar-refractivity contribution in [3.8, 4) is 5.75 Å². The predicted molar refractivity (Wildman–Crippen MR) is 72.5 cm³/mol. The molecule has 0 aromatic heterocycles. The van der Waals surface area contributed by atoms with E-state index in [1.54, 1.807) is 6.07 Å². The minimum Gasteiger partial charge on any atom is -0.486 e. The van der Waals surface area contributed by atoms with Crippen LogP contribution in [0, 0.1) is 0 Å². The quantitative estimate of drug-likeness (QED) is 0.763. The zero-order valence-corrected chi connectivity index (χ0v) is 11.4. The Balaban J connectivity index is 1.90. The number of hydrogen-bond donors (Lipinski definition) is 0. The van der Waals surface area contributed by atoms with Crippen LogP contribution in [0.2, 0.25) is 0 Å². The molecule has 3 nitrogen and oxygen atoms in total. The molecule has 19 heavy (non-hydrogen) atoms. The molecule has 102 valence electrons. The lowest BCUT2D eigenvalue weighted by atomic mass is 9.82. The average Bonchev–Trinajstić information content (AvgIpc) is 2.76. The molecule has 3 heteroatoms. The fourth-order valence-corrected chi connectivity index (χ4v) is 3.29. The monoisotopic (exact) mass is 260 g/mol. The van der Waals surface area contributed by atoms with E-state index in [0.717, 1.165) is 30.6 Å². The van der Waals surface area contributed by atoms with E-state index in [1.807, 2.05) is 13.0 Å². The number of rotatable bonds is 2. The standard InChI is InChI=1S/C16H20O3/c1-2-18-15(17)13-8-6-7-12-11-16(19-14(12)13)9-4-3-5-10-16/h6-8H,2-5,9-11H2,1H3. The van der Waals surface area contributed by atoms with E-state index in [2.05, 4.69) is 6.07 Å². The summed E-state index contributed by atoms with van der Waals surface area (Å²) in [6.07, 6.45) is 6.89. The van der Waals surface area contributed by atoms with Gasteiger partial charge in [-0.15, -0.1) is 0 Å². The molecule has 1 aliphatic carbocycles. The van der Waals surface area contributed by atoms with Gasteiger partial charge in [0.25, 0.3) is 0 Å². The molecule has 0 N–H and O–H groups in total. The zero-order chi connectivity index (χ0) is 13.3. The minimum absolute atomic E-state index is 0.0524. The van der Waals surface area contributed by atoms with Crippen LogP contribution in [0.25, 0.3) is 0 Å². The molecule has 0 saturated heterocycles. The summed E-state index contributed by atoms with van der Waals surface area (Å²) in [4.78, 5) is 12.0. The van der Waals surface area contributed by atoms with Gasteiger partial charge in [0.1, 0.15) is 16.9 Å². The van der Waals surface area contributed by atoms with Gasteiger partial charge in [-0.25, -0.2) is 4.79 Å². The van der Waals surface area contributed by atoms with Crippen molar-refractivity contribution in [2.75, 3.05) is 6.61 Å². The van der Waals surface area contributed by atoms with Crippen molar-refractivity contribution in [2.45, 2.75) is 51.0 Å². The summed E-state index contributed by atoms with van der Waals surface area (Å²) in [6, 6.07) is 5.80. The maximum atomic E-state index is 12.0. The summed E-state index contributed by atoms with van der Waals surface area (Å²) >= 11 is 0. The molecule has 0 bridgehead atoms. The molecule has 0 atom stereocenters. The Labute approximate surface area is 113 Å². The van der Waals surface area contributed by atoms with E-state index in [4.69, 9.17) is 9.47 Å². The van der Waals surface area contributed by atoms with Gasteiger partial charge in [-0.2, -0.15) is 0 Å². The Morgan fingerprint density at radius 2 is 2.11 bits per heavy atom.